The Bertz CT molecular complexity index is 618. The molecule has 1 N–H and O–H groups in total. The Morgan fingerprint density at radius 2 is 2.20 bits per heavy atom. The summed E-state index contributed by atoms with van der Waals surface area (Å²) in [5.74, 6) is 1.46. The molecule has 0 aliphatic rings. The number of rotatable bonds is 6. The molecule has 0 spiro atoms. The topological polar surface area (TPSA) is 81.2 Å². The van der Waals surface area contributed by atoms with Crippen molar-refractivity contribution in [3.05, 3.63) is 17.6 Å². The molecule has 0 bridgehead atoms. The summed E-state index contributed by atoms with van der Waals surface area (Å²) in [5.41, 5.74) is 0.908. The number of furan rings is 1. The van der Waals surface area contributed by atoms with E-state index in [2.05, 4.69) is 17.1 Å². The highest BCUT2D eigenvalue weighted by molar-refractivity contribution is 7.99. The number of hydrogen-bond acceptors (Lipinski definition) is 5. The Balaban J connectivity index is 2.38. The summed E-state index contributed by atoms with van der Waals surface area (Å²) in [5, 5.41) is 17.7. The number of thioether (sulfide) groups is 1. The maximum absolute atomic E-state index is 10.7. The van der Waals surface area contributed by atoms with Crippen LogP contribution in [0.15, 0.2) is 15.6 Å². The second-order valence-corrected chi connectivity index (χ2v) is 5.41. The van der Waals surface area contributed by atoms with Crippen LogP contribution >= 0.6 is 11.8 Å². The lowest BCUT2D eigenvalue weighted by molar-refractivity contribution is -0.133. The molecule has 0 atom stereocenters. The van der Waals surface area contributed by atoms with E-state index >= 15 is 0 Å². The van der Waals surface area contributed by atoms with E-state index < -0.39 is 5.97 Å². The van der Waals surface area contributed by atoms with Gasteiger partial charge < -0.3 is 14.1 Å². The van der Waals surface area contributed by atoms with Gasteiger partial charge in [-0.25, -0.2) is 0 Å². The van der Waals surface area contributed by atoms with Gasteiger partial charge in [-0.3, -0.25) is 4.79 Å². The van der Waals surface area contributed by atoms with E-state index in [1.807, 2.05) is 24.5 Å². The van der Waals surface area contributed by atoms with Crippen molar-refractivity contribution in [3.63, 3.8) is 0 Å². The van der Waals surface area contributed by atoms with Crippen molar-refractivity contribution < 1.29 is 14.3 Å². The highest BCUT2D eigenvalue weighted by Crippen LogP contribution is 2.28. The number of carboxylic acid groups (broad SMARTS) is 1. The number of carboxylic acids is 1. The predicted molar refractivity (Wildman–Crippen MR) is 75.8 cm³/mol. The zero-order chi connectivity index (χ0) is 14.7. The third kappa shape index (κ3) is 3.04. The summed E-state index contributed by atoms with van der Waals surface area (Å²) < 4.78 is 7.48. The fraction of sp³-hybridized carbons (Fsp3) is 0.462. The molecule has 0 unspecified atom stereocenters. The summed E-state index contributed by atoms with van der Waals surface area (Å²) in [6.07, 6.45) is 0.918. The summed E-state index contributed by atoms with van der Waals surface area (Å²) in [6.45, 7) is 6.57. The van der Waals surface area contributed by atoms with Crippen LogP contribution in [0.2, 0.25) is 0 Å². The zero-order valence-corrected chi connectivity index (χ0v) is 12.5. The van der Waals surface area contributed by atoms with Crippen LogP contribution in [0.25, 0.3) is 11.4 Å². The molecule has 0 radical (unpaired) electrons. The van der Waals surface area contributed by atoms with Crippen molar-refractivity contribution in [2.75, 3.05) is 5.75 Å². The fourth-order valence-electron chi connectivity index (χ4n) is 2.00. The zero-order valence-electron chi connectivity index (χ0n) is 11.7. The first-order chi connectivity index (χ1) is 9.52. The molecule has 7 heteroatoms. The molecule has 2 aromatic rings. The molecule has 2 rings (SSSR count). The fourth-order valence-corrected chi connectivity index (χ4v) is 2.68. The number of carbonyl (C=O) groups is 1. The van der Waals surface area contributed by atoms with Gasteiger partial charge in [0.2, 0.25) is 0 Å². The molecule has 0 saturated carbocycles. The number of aliphatic carboxylic acids is 1. The van der Waals surface area contributed by atoms with Gasteiger partial charge in [-0.2, -0.15) is 0 Å². The van der Waals surface area contributed by atoms with Crippen molar-refractivity contribution in [2.24, 2.45) is 0 Å². The summed E-state index contributed by atoms with van der Waals surface area (Å²) in [7, 11) is 0. The summed E-state index contributed by atoms with van der Waals surface area (Å²) in [4.78, 5) is 10.7. The smallest absolute Gasteiger partial charge is 0.313 e. The minimum Gasteiger partial charge on any atom is -0.481 e. The highest BCUT2D eigenvalue weighted by atomic mass is 32.2. The van der Waals surface area contributed by atoms with Gasteiger partial charge in [-0.1, -0.05) is 18.7 Å². The number of nitrogens with zero attached hydrogens (tertiary/aromatic N) is 3. The molecule has 0 saturated heterocycles. The quantitative estimate of drug-likeness (QED) is 0.825. The second kappa shape index (κ2) is 6.13. The van der Waals surface area contributed by atoms with E-state index in [1.165, 1.54) is 11.8 Å². The SMILES string of the molecule is CCCn1c(SCC(=O)O)nnc1-c1cc(C)oc1C. The minimum atomic E-state index is -0.863. The van der Waals surface area contributed by atoms with Gasteiger partial charge >= 0.3 is 5.97 Å². The largest absolute Gasteiger partial charge is 0.481 e. The van der Waals surface area contributed by atoms with Crippen LogP contribution in [0.4, 0.5) is 0 Å². The lowest BCUT2D eigenvalue weighted by Crippen LogP contribution is -2.04. The van der Waals surface area contributed by atoms with Gasteiger partial charge in [0.15, 0.2) is 11.0 Å². The van der Waals surface area contributed by atoms with Crippen molar-refractivity contribution >= 4 is 17.7 Å². The van der Waals surface area contributed by atoms with Crippen molar-refractivity contribution in [2.45, 2.75) is 38.9 Å². The van der Waals surface area contributed by atoms with Gasteiger partial charge in [0.1, 0.15) is 11.5 Å². The van der Waals surface area contributed by atoms with E-state index in [-0.39, 0.29) is 5.75 Å². The molecular formula is C13H17N3O3S. The lowest BCUT2D eigenvalue weighted by Gasteiger charge is -2.07. The van der Waals surface area contributed by atoms with Crippen LogP contribution in [0.3, 0.4) is 0 Å². The first-order valence-electron chi connectivity index (χ1n) is 6.38. The number of aromatic nitrogens is 3. The molecule has 6 nitrogen and oxygen atoms in total. The van der Waals surface area contributed by atoms with E-state index in [1.54, 1.807) is 0 Å². The van der Waals surface area contributed by atoms with Crippen LogP contribution < -0.4 is 0 Å². The lowest BCUT2D eigenvalue weighted by atomic mass is 10.2. The van der Waals surface area contributed by atoms with Crippen molar-refractivity contribution in [1.82, 2.24) is 14.8 Å². The molecule has 20 heavy (non-hydrogen) atoms. The Labute approximate surface area is 121 Å². The molecule has 2 heterocycles. The third-order valence-electron chi connectivity index (χ3n) is 2.77. The van der Waals surface area contributed by atoms with Crippen LogP contribution in [-0.2, 0) is 11.3 Å². The van der Waals surface area contributed by atoms with Gasteiger partial charge in [0.05, 0.1) is 11.3 Å². The molecule has 0 amide bonds. The minimum absolute atomic E-state index is 0.0226. The number of hydrogen-bond donors (Lipinski definition) is 1. The molecule has 108 valence electrons. The van der Waals surface area contributed by atoms with E-state index in [0.717, 1.165) is 35.9 Å². The molecule has 2 aromatic heterocycles. The van der Waals surface area contributed by atoms with Gasteiger partial charge in [-0.05, 0) is 26.3 Å². The Morgan fingerprint density at radius 3 is 2.75 bits per heavy atom. The first kappa shape index (κ1) is 14.6. The average Bonchev–Trinajstić information content (AvgIpc) is 2.91. The van der Waals surface area contributed by atoms with Crippen LogP contribution in [0, 0.1) is 13.8 Å². The summed E-state index contributed by atoms with van der Waals surface area (Å²) >= 11 is 1.18. The van der Waals surface area contributed by atoms with Crippen molar-refractivity contribution in [3.8, 4) is 11.4 Å². The second-order valence-electron chi connectivity index (χ2n) is 4.47. The Kier molecular flexibility index (Phi) is 4.49. The van der Waals surface area contributed by atoms with E-state index in [4.69, 9.17) is 9.52 Å². The first-order valence-corrected chi connectivity index (χ1v) is 7.36. The standard InChI is InChI=1S/C13H17N3O3S/c1-4-5-16-12(10-6-8(2)19-9(10)3)14-15-13(16)20-7-11(17)18/h6H,4-5,7H2,1-3H3,(H,17,18). The highest BCUT2D eigenvalue weighted by Gasteiger charge is 2.18. The predicted octanol–water partition coefficient (Wildman–Crippen LogP) is 2.74. The maximum atomic E-state index is 10.7. The average molecular weight is 295 g/mol. The van der Waals surface area contributed by atoms with Gasteiger partial charge in [-0.15, -0.1) is 10.2 Å². The van der Waals surface area contributed by atoms with Crippen molar-refractivity contribution in [1.29, 1.82) is 0 Å². The normalized spacial score (nSPS) is 10.9. The molecular weight excluding hydrogens is 278 g/mol. The van der Waals surface area contributed by atoms with E-state index in [9.17, 15) is 4.79 Å². The Morgan fingerprint density at radius 1 is 1.45 bits per heavy atom. The molecule has 0 aromatic carbocycles. The maximum Gasteiger partial charge on any atom is 0.313 e. The van der Waals surface area contributed by atoms with E-state index in [0.29, 0.717) is 5.16 Å². The summed E-state index contributed by atoms with van der Waals surface area (Å²) in [6, 6.07) is 1.93. The Hall–Kier alpha value is -1.76. The molecule has 0 aliphatic carbocycles. The molecule has 0 aliphatic heterocycles. The van der Waals surface area contributed by atoms with Gasteiger partial charge in [0, 0.05) is 6.54 Å². The third-order valence-corrected chi connectivity index (χ3v) is 3.72. The van der Waals surface area contributed by atoms with Crippen LogP contribution in [0.1, 0.15) is 24.9 Å². The monoisotopic (exact) mass is 295 g/mol. The number of aryl methyl sites for hydroxylation is 2. The van der Waals surface area contributed by atoms with Gasteiger partial charge in [0.25, 0.3) is 0 Å². The van der Waals surface area contributed by atoms with Crippen LogP contribution in [0.5, 0.6) is 0 Å². The van der Waals surface area contributed by atoms with Crippen LogP contribution in [-0.4, -0.2) is 31.6 Å². The molecule has 0 fully saturated rings.